The molecule has 17 heavy (non-hydrogen) atoms. The Kier molecular flexibility index (Phi) is 3.35. The number of aromatic nitrogens is 2. The third-order valence-corrected chi connectivity index (χ3v) is 2.76. The molecule has 0 bridgehead atoms. The van der Waals surface area contributed by atoms with Crippen molar-refractivity contribution in [3.63, 3.8) is 0 Å². The van der Waals surface area contributed by atoms with Crippen molar-refractivity contribution in [3.05, 3.63) is 51.8 Å². The third kappa shape index (κ3) is 2.42. The van der Waals surface area contributed by atoms with Crippen molar-refractivity contribution < 1.29 is 0 Å². The van der Waals surface area contributed by atoms with E-state index in [0.29, 0.717) is 5.56 Å². The van der Waals surface area contributed by atoms with E-state index in [1.54, 1.807) is 6.07 Å². The number of nitrogens with one attached hydrogen (secondary N) is 1. The molecule has 0 amide bonds. The van der Waals surface area contributed by atoms with Crippen LogP contribution in [0.5, 0.6) is 0 Å². The molecule has 0 aliphatic rings. The van der Waals surface area contributed by atoms with Gasteiger partial charge in [-0.1, -0.05) is 31.2 Å². The molecule has 0 fully saturated rings. The molecule has 0 unspecified atom stereocenters. The number of nitrogens with zero attached hydrogens (tertiary/aromatic N) is 1. The molecular weight excluding hydrogens is 214 g/mol. The number of aromatic amines is 1. The van der Waals surface area contributed by atoms with Crippen LogP contribution in [0.1, 0.15) is 18.1 Å². The number of aryl methyl sites for hydroxylation is 1. The van der Waals surface area contributed by atoms with E-state index in [2.05, 4.69) is 29.3 Å². The molecule has 4 nitrogen and oxygen atoms in total. The molecule has 0 radical (unpaired) electrons. The second-order valence-corrected chi connectivity index (χ2v) is 3.86. The zero-order chi connectivity index (χ0) is 12.3. The highest BCUT2D eigenvalue weighted by atomic mass is 16.1. The number of nitrogens with two attached hydrogens (primary N) is 1. The molecule has 1 heterocycles. The van der Waals surface area contributed by atoms with Crippen molar-refractivity contribution in [1.82, 2.24) is 10.2 Å². The minimum atomic E-state index is -0.221. The molecular formula is C13H15N3O. The van der Waals surface area contributed by atoms with E-state index in [9.17, 15) is 4.79 Å². The maximum absolute atomic E-state index is 11.3. The van der Waals surface area contributed by atoms with E-state index in [0.717, 1.165) is 17.7 Å². The molecule has 2 aromatic rings. The van der Waals surface area contributed by atoms with Gasteiger partial charge in [-0.2, -0.15) is 5.10 Å². The minimum absolute atomic E-state index is 0.220. The van der Waals surface area contributed by atoms with E-state index < -0.39 is 0 Å². The van der Waals surface area contributed by atoms with Gasteiger partial charge in [-0.05, 0) is 18.1 Å². The van der Waals surface area contributed by atoms with Gasteiger partial charge in [0.2, 0.25) is 0 Å². The lowest BCUT2D eigenvalue weighted by atomic mass is 10.1. The first kappa shape index (κ1) is 11.5. The summed E-state index contributed by atoms with van der Waals surface area (Å²) in [6.45, 7) is 2.33. The Bertz CT molecular complexity index is 558. The van der Waals surface area contributed by atoms with Crippen molar-refractivity contribution in [2.24, 2.45) is 5.73 Å². The molecule has 3 N–H and O–H groups in total. The second kappa shape index (κ2) is 4.93. The highest BCUT2D eigenvalue weighted by Crippen LogP contribution is 2.16. The van der Waals surface area contributed by atoms with Gasteiger partial charge in [0.1, 0.15) is 0 Å². The van der Waals surface area contributed by atoms with E-state index >= 15 is 0 Å². The Labute approximate surface area is 99.5 Å². The Hall–Kier alpha value is -1.94. The van der Waals surface area contributed by atoms with Gasteiger partial charge in [0, 0.05) is 17.7 Å². The lowest BCUT2D eigenvalue weighted by Gasteiger charge is -2.03. The zero-order valence-electron chi connectivity index (χ0n) is 9.73. The summed E-state index contributed by atoms with van der Waals surface area (Å²) in [6, 6.07) is 9.85. The van der Waals surface area contributed by atoms with Crippen LogP contribution in [0, 0.1) is 0 Å². The molecule has 0 atom stereocenters. The maximum Gasteiger partial charge on any atom is 0.268 e. The largest absolute Gasteiger partial charge is 0.326 e. The molecule has 4 heteroatoms. The zero-order valence-corrected chi connectivity index (χ0v) is 9.73. The van der Waals surface area contributed by atoms with Crippen molar-refractivity contribution in [3.8, 4) is 11.3 Å². The molecule has 0 aliphatic carbocycles. The fraction of sp³-hybridized carbons (Fsp3) is 0.231. The number of H-pyrrole nitrogens is 1. The summed E-state index contributed by atoms with van der Waals surface area (Å²) < 4.78 is 0. The average Bonchev–Trinajstić information content (AvgIpc) is 2.39. The highest BCUT2D eigenvalue weighted by molar-refractivity contribution is 5.59. The standard InChI is InChI=1S/C13H15N3O/c1-2-9-3-5-10(6-4-9)12-7-11(8-14)13(17)16-15-12/h3-7H,2,8,14H2,1H3,(H,16,17). The molecule has 0 saturated heterocycles. The second-order valence-electron chi connectivity index (χ2n) is 3.86. The lowest BCUT2D eigenvalue weighted by molar-refractivity contribution is 0.930. The molecule has 88 valence electrons. The normalized spacial score (nSPS) is 10.5. The fourth-order valence-electron chi connectivity index (χ4n) is 1.66. The number of hydrogen-bond acceptors (Lipinski definition) is 3. The predicted molar refractivity (Wildman–Crippen MR) is 67.6 cm³/mol. The molecule has 2 rings (SSSR count). The van der Waals surface area contributed by atoms with Crippen LogP contribution in [0.15, 0.2) is 35.1 Å². The van der Waals surface area contributed by atoms with Crippen LogP contribution < -0.4 is 11.3 Å². The van der Waals surface area contributed by atoms with Crippen molar-refractivity contribution in [1.29, 1.82) is 0 Å². The summed E-state index contributed by atoms with van der Waals surface area (Å²) in [5.41, 5.74) is 8.82. The smallest absolute Gasteiger partial charge is 0.268 e. The minimum Gasteiger partial charge on any atom is -0.326 e. The van der Waals surface area contributed by atoms with Gasteiger partial charge in [0.25, 0.3) is 5.56 Å². The van der Waals surface area contributed by atoms with Crippen LogP contribution in [-0.2, 0) is 13.0 Å². The molecule has 0 aliphatic heterocycles. The number of rotatable bonds is 3. The quantitative estimate of drug-likeness (QED) is 0.837. The maximum atomic E-state index is 11.3. The van der Waals surface area contributed by atoms with E-state index in [-0.39, 0.29) is 12.1 Å². The van der Waals surface area contributed by atoms with E-state index in [1.807, 2.05) is 12.1 Å². The van der Waals surface area contributed by atoms with Gasteiger partial charge in [-0.15, -0.1) is 0 Å². The van der Waals surface area contributed by atoms with Crippen LogP contribution in [0.25, 0.3) is 11.3 Å². The first-order chi connectivity index (χ1) is 8.24. The summed E-state index contributed by atoms with van der Waals surface area (Å²) in [5.74, 6) is 0. The van der Waals surface area contributed by atoms with Gasteiger partial charge >= 0.3 is 0 Å². The summed E-state index contributed by atoms with van der Waals surface area (Å²) >= 11 is 0. The van der Waals surface area contributed by atoms with Crippen LogP contribution in [0.2, 0.25) is 0 Å². The Morgan fingerprint density at radius 1 is 1.29 bits per heavy atom. The fourth-order valence-corrected chi connectivity index (χ4v) is 1.66. The molecule has 0 saturated carbocycles. The van der Waals surface area contributed by atoms with Crippen molar-refractivity contribution in [2.75, 3.05) is 0 Å². The SMILES string of the molecule is CCc1ccc(-c2cc(CN)c(=O)[nH]n2)cc1. The lowest BCUT2D eigenvalue weighted by Crippen LogP contribution is -2.17. The first-order valence-electron chi connectivity index (χ1n) is 5.62. The van der Waals surface area contributed by atoms with Gasteiger partial charge in [0.05, 0.1) is 5.69 Å². The van der Waals surface area contributed by atoms with E-state index in [4.69, 9.17) is 5.73 Å². The number of hydrogen-bond donors (Lipinski definition) is 2. The van der Waals surface area contributed by atoms with Crippen LogP contribution in [0.4, 0.5) is 0 Å². The van der Waals surface area contributed by atoms with Crippen LogP contribution in [-0.4, -0.2) is 10.2 Å². The molecule has 1 aromatic carbocycles. The Morgan fingerprint density at radius 2 is 2.00 bits per heavy atom. The first-order valence-corrected chi connectivity index (χ1v) is 5.62. The predicted octanol–water partition coefficient (Wildman–Crippen LogP) is 1.46. The summed E-state index contributed by atoms with van der Waals surface area (Å²) in [4.78, 5) is 11.3. The van der Waals surface area contributed by atoms with Crippen molar-refractivity contribution in [2.45, 2.75) is 19.9 Å². The Morgan fingerprint density at radius 3 is 2.59 bits per heavy atom. The average molecular weight is 229 g/mol. The van der Waals surface area contributed by atoms with Crippen LogP contribution in [0.3, 0.4) is 0 Å². The summed E-state index contributed by atoms with van der Waals surface area (Å²) in [5, 5.41) is 6.48. The van der Waals surface area contributed by atoms with Crippen LogP contribution >= 0.6 is 0 Å². The van der Waals surface area contributed by atoms with Gasteiger partial charge in [-0.3, -0.25) is 4.79 Å². The molecule has 1 aromatic heterocycles. The van der Waals surface area contributed by atoms with Gasteiger partial charge in [-0.25, -0.2) is 5.10 Å². The Balaban J connectivity index is 2.42. The summed E-state index contributed by atoms with van der Waals surface area (Å²) in [7, 11) is 0. The van der Waals surface area contributed by atoms with Gasteiger partial charge < -0.3 is 5.73 Å². The topological polar surface area (TPSA) is 71.8 Å². The molecule has 0 spiro atoms. The number of benzene rings is 1. The van der Waals surface area contributed by atoms with Gasteiger partial charge in [0.15, 0.2) is 0 Å². The third-order valence-electron chi connectivity index (χ3n) is 2.76. The highest BCUT2D eigenvalue weighted by Gasteiger charge is 2.03. The monoisotopic (exact) mass is 229 g/mol. The summed E-state index contributed by atoms with van der Waals surface area (Å²) in [6.07, 6.45) is 1.01. The van der Waals surface area contributed by atoms with E-state index in [1.165, 1.54) is 5.56 Å². The van der Waals surface area contributed by atoms with Crippen molar-refractivity contribution >= 4 is 0 Å².